The Bertz CT molecular complexity index is 444. The Morgan fingerprint density at radius 2 is 1.80 bits per heavy atom. The summed E-state index contributed by atoms with van der Waals surface area (Å²) in [4.78, 5) is 8.20. The molecule has 0 saturated carbocycles. The third kappa shape index (κ3) is 2.73. The molecule has 0 saturated heterocycles. The maximum atomic E-state index is 11.2. The van der Waals surface area contributed by atoms with Crippen molar-refractivity contribution < 1.29 is 8.42 Å². The quantitative estimate of drug-likeness (QED) is 0.820. The third-order valence-electron chi connectivity index (χ3n) is 2.57. The number of rotatable bonds is 3. The first-order chi connectivity index (χ1) is 6.84. The van der Waals surface area contributed by atoms with Crippen LogP contribution in [0, 0.1) is 6.92 Å². The van der Waals surface area contributed by atoms with Gasteiger partial charge in [-0.1, -0.05) is 6.92 Å². The molecule has 1 rings (SSSR count). The second-order valence-electron chi connectivity index (χ2n) is 3.61. The molecule has 0 fully saturated rings. The Morgan fingerprint density at radius 1 is 1.27 bits per heavy atom. The number of hydrogen-bond donors (Lipinski definition) is 1. The topological polar surface area (TPSA) is 85.9 Å². The molecule has 84 valence electrons. The first kappa shape index (κ1) is 12.1. The molecule has 0 amide bonds. The van der Waals surface area contributed by atoms with Gasteiger partial charge in [0.05, 0.1) is 16.6 Å². The van der Waals surface area contributed by atoms with Crippen LogP contribution in [-0.2, 0) is 10.0 Å². The van der Waals surface area contributed by atoms with Crippen LogP contribution >= 0.6 is 0 Å². The standard InChI is InChI=1S/C9H15N3O2S/c1-6(8(3)15(10,13)14)9-7(2)11-4-5-12-9/h4-6,8H,1-3H3,(H2,10,13,14)/t6-,8-/m0/s1. The van der Waals surface area contributed by atoms with Gasteiger partial charge in [0.15, 0.2) is 0 Å². The summed E-state index contributed by atoms with van der Waals surface area (Å²) < 4.78 is 22.4. The van der Waals surface area contributed by atoms with Crippen LogP contribution in [0.25, 0.3) is 0 Å². The van der Waals surface area contributed by atoms with Crippen molar-refractivity contribution in [3.8, 4) is 0 Å². The lowest BCUT2D eigenvalue weighted by atomic mass is 10.0. The van der Waals surface area contributed by atoms with Gasteiger partial charge in [0.25, 0.3) is 0 Å². The molecule has 2 atom stereocenters. The summed E-state index contributed by atoms with van der Waals surface area (Å²) in [7, 11) is -3.53. The van der Waals surface area contributed by atoms with Gasteiger partial charge in [-0.15, -0.1) is 0 Å². The monoisotopic (exact) mass is 229 g/mol. The zero-order valence-electron chi connectivity index (χ0n) is 9.01. The third-order valence-corrected chi connectivity index (χ3v) is 4.02. The molecule has 1 heterocycles. The predicted molar refractivity (Wildman–Crippen MR) is 57.8 cm³/mol. The predicted octanol–water partition coefficient (Wildman–Crippen LogP) is 0.566. The molecule has 0 aliphatic rings. The number of sulfonamides is 1. The fourth-order valence-electron chi connectivity index (χ4n) is 1.37. The van der Waals surface area contributed by atoms with E-state index < -0.39 is 15.3 Å². The van der Waals surface area contributed by atoms with Gasteiger partial charge in [0.2, 0.25) is 10.0 Å². The highest BCUT2D eigenvalue weighted by Gasteiger charge is 2.26. The maximum Gasteiger partial charge on any atom is 0.212 e. The van der Waals surface area contributed by atoms with Crippen LogP contribution in [0.1, 0.15) is 31.2 Å². The SMILES string of the molecule is Cc1nccnc1[C@@H](C)[C@H](C)S(N)(=O)=O. The number of hydrogen-bond acceptors (Lipinski definition) is 4. The molecular formula is C9H15N3O2S. The van der Waals surface area contributed by atoms with Gasteiger partial charge >= 0.3 is 0 Å². The number of primary sulfonamides is 1. The largest absolute Gasteiger partial charge is 0.258 e. The fraction of sp³-hybridized carbons (Fsp3) is 0.556. The van der Waals surface area contributed by atoms with Crippen molar-refractivity contribution >= 4 is 10.0 Å². The first-order valence-corrected chi connectivity index (χ1v) is 6.24. The zero-order valence-corrected chi connectivity index (χ0v) is 9.82. The summed E-state index contributed by atoms with van der Waals surface area (Å²) in [5.74, 6) is -0.256. The normalized spacial score (nSPS) is 16.0. The molecule has 2 N–H and O–H groups in total. The minimum Gasteiger partial charge on any atom is -0.258 e. The van der Waals surface area contributed by atoms with E-state index in [0.29, 0.717) is 5.69 Å². The van der Waals surface area contributed by atoms with Gasteiger partial charge in [-0.3, -0.25) is 9.97 Å². The van der Waals surface area contributed by atoms with Gasteiger partial charge in [-0.2, -0.15) is 0 Å². The van der Waals surface area contributed by atoms with Crippen LogP contribution in [0.4, 0.5) is 0 Å². The highest BCUT2D eigenvalue weighted by atomic mass is 32.2. The van der Waals surface area contributed by atoms with E-state index in [-0.39, 0.29) is 5.92 Å². The van der Waals surface area contributed by atoms with E-state index in [4.69, 9.17) is 5.14 Å². The number of aryl methyl sites for hydroxylation is 1. The van der Waals surface area contributed by atoms with Gasteiger partial charge < -0.3 is 0 Å². The van der Waals surface area contributed by atoms with Crippen LogP contribution < -0.4 is 5.14 Å². The number of aromatic nitrogens is 2. The van der Waals surface area contributed by atoms with Crippen LogP contribution in [0.5, 0.6) is 0 Å². The van der Waals surface area contributed by atoms with Crippen molar-refractivity contribution in [3.05, 3.63) is 23.8 Å². The molecule has 0 aliphatic heterocycles. The molecule has 0 radical (unpaired) electrons. The second-order valence-corrected chi connectivity index (χ2v) is 5.53. The molecule has 1 aromatic rings. The minimum absolute atomic E-state index is 0.256. The number of nitrogens with two attached hydrogens (primary N) is 1. The molecular weight excluding hydrogens is 214 g/mol. The Balaban J connectivity index is 3.06. The number of nitrogens with zero attached hydrogens (tertiary/aromatic N) is 2. The van der Waals surface area contributed by atoms with E-state index in [0.717, 1.165) is 5.69 Å². The van der Waals surface area contributed by atoms with Crippen LogP contribution in [-0.4, -0.2) is 23.6 Å². The van der Waals surface area contributed by atoms with Crippen molar-refractivity contribution in [2.24, 2.45) is 5.14 Å². The lowest BCUT2D eigenvalue weighted by Crippen LogP contribution is -2.31. The average Bonchev–Trinajstić information content (AvgIpc) is 2.15. The van der Waals surface area contributed by atoms with Crippen LogP contribution in [0.2, 0.25) is 0 Å². The Labute approximate surface area is 89.8 Å². The molecule has 0 spiro atoms. The lowest BCUT2D eigenvalue weighted by molar-refractivity contribution is 0.567. The van der Waals surface area contributed by atoms with Crippen molar-refractivity contribution in [1.82, 2.24) is 9.97 Å². The summed E-state index contributed by atoms with van der Waals surface area (Å²) in [5, 5.41) is 4.43. The smallest absolute Gasteiger partial charge is 0.212 e. The summed E-state index contributed by atoms with van der Waals surface area (Å²) in [5.41, 5.74) is 1.42. The molecule has 0 aromatic carbocycles. The van der Waals surface area contributed by atoms with Gasteiger partial charge in [-0.25, -0.2) is 13.6 Å². The molecule has 15 heavy (non-hydrogen) atoms. The van der Waals surface area contributed by atoms with Crippen LogP contribution in [0.3, 0.4) is 0 Å². The van der Waals surface area contributed by atoms with Gasteiger partial charge in [0, 0.05) is 18.3 Å². The molecule has 1 aromatic heterocycles. The summed E-state index contributed by atoms with van der Waals surface area (Å²) in [6.45, 7) is 5.16. The second kappa shape index (κ2) is 4.24. The van der Waals surface area contributed by atoms with E-state index in [1.54, 1.807) is 33.2 Å². The summed E-state index contributed by atoms with van der Waals surface area (Å²) >= 11 is 0. The van der Waals surface area contributed by atoms with Crippen LogP contribution in [0.15, 0.2) is 12.4 Å². The van der Waals surface area contributed by atoms with E-state index >= 15 is 0 Å². The van der Waals surface area contributed by atoms with Crippen molar-refractivity contribution in [3.63, 3.8) is 0 Å². The average molecular weight is 229 g/mol. The van der Waals surface area contributed by atoms with E-state index in [1.165, 1.54) is 0 Å². The minimum atomic E-state index is -3.53. The molecule has 5 nitrogen and oxygen atoms in total. The first-order valence-electron chi connectivity index (χ1n) is 4.63. The van der Waals surface area contributed by atoms with Crippen molar-refractivity contribution in [2.45, 2.75) is 31.9 Å². The molecule has 0 unspecified atom stereocenters. The summed E-state index contributed by atoms with van der Waals surface area (Å²) in [6.07, 6.45) is 3.13. The Hall–Kier alpha value is -1.01. The van der Waals surface area contributed by atoms with Crippen molar-refractivity contribution in [1.29, 1.82) is 0 Å². The van der Waals surface area contributed by atoms with Crippen molar-refractivity contribution in [2.75, 3.05) is 0 Å². The molecule has 0 bridgehead atoms. The lowest BCUT2D eigenvalue weighted by Gasteiger charge is -2.18. The van der Waals surface area contributed by atoms with E-state index in [9.17, 15) is 8.42 Å². The fourth-order valence-corrected chi connectivity index (χ4v) is 2.07. The highest BCUT2D eigenvalue weighted by molar-refractivity contribution is 7.89. The van der Waals surface area contributed by atoms with Gasteiger partial charge in [-0.05, 0) is 13.8 Å². The van der Waals surface area contributed by atoms with E-state index in [2.05, 4.69) is 9.97 Å². The Kier molecular flexibility index (Phi) is 3.41. The van der Waals surface area contributed by atoms with E-state index in [1.807, 2.05) is 0 Å². The molecule has 6 heteroatoms. The highest BCUT2D eigenvalue weighted by Crippen LogP contribution is 2.22. The molecule has 0 aliphatic carbocycles. The summed E-state index contributed by atoms with van der Waals surface area (Å²) in [6, 6.07) is 0. The van der Waals surface area contributed by atoms with Gasteiger partial charge in [0.1, 0.15) is 0 Å². The maximum absolute atomic E-state index is 11.2. The Morgan fingerprint density at radius 3 is 2.27 bits per heavy atom. The zero-order chi connectivity index (χ0) is 11.6.